The van der Waals surface area contributed by atoms with Crippen LogP contribution in [0.1, 0.15) is 348 Å². The van der Waals surface area contributed by atoms with E-state index in [-0.39, 0.29) is 19.1 Å². The molecule has 3 unspecified atom stereocenters. The number of carbonyl (C=O) groups is 1. The van der Waals surface area contributed by atoms with Crippen LogP contribution in [0.15, 0.2) is 12.2 Å². The van der Waals surface area contributed by atoms with Crippen molar-refractivity contribution in [2.24, 2.45) is 0 Å². The summed E-state index contributed by atoms with van der Waals surface area (Å²) in [6.45, 7) is 4.94. The third kappa shape index (κ3) is 58.9. The van der Waals surface area contributed by atoms with Crippen LogP contribution in [-0.2, 0) is 18.4 Å². The van der Waals surface area contributed by atoms with Gasteiger partial charge in [0.15, 0.2) is 0 Å². The summed E-state index contributed by atoms with van der Waals surface area (Å²) in [7, 11) is 1.64. The Hall–Kier alpha value is -0.760. The third-order valence-corrected chi connectivity index (χ3v) is 16.5. The number of amides is 1. The standard InChI is InChI=1S/C65H131N2O6P/c1-6-8-10-12-14-16-18-20-22-24-25-26-27-28-29-30-31-32-33-34-35-36-37-38-39-40-41-43-45-47-49-51-53-55-57-59-65(69)66-63(62-73-74(70,71)72-61-60-67(3,4)5)64(68)58-56-54-52-50-48-46-44-42-23-21-19-17-15-13-11-9-7-2/h24-25,63-64,68H,6-23,26-62H2,1-5H3,(H-,66,69,70,71)/p+1/b25-24-. The number of carbonyl (C=O) groups excluding carboxylic acids is 1. The van der Waals surface area contributed by atoms with Crippen LogP contribution in [0.4, 0.5) is 0 Å². The van der Waals surface area contributed by atoms with Crippen LogP contribution in [0.3, 0.4) is 0 Å². The first-order valence-corrected chi connectivity index (χ1v) is 34.5. The molecule has 0 aliphatic carbocycles. The molecule has 1 amide bonds. The number of hydrogen-bond donors (Lipinski definition) is 3. The van der Waals surface area contributed by atoms with Crippen LogP contribution >= 0.6 is 7.82 Å². The topological polar surface area (TPSA) is 105 Å². The molecule has 0 spiro atoms. The largest absolute Gasteiger partial charge is 0.472 e. The molecular weight excluding hydrogens is 936 g/mol. The molecule has 442 valence electrons. The molecule has 0 fully saturated rings. The SMILES string of the molecule is CCCCCCCCCC/C=C\CCCCCCCCCCCCCCCCCCCCCCCCCC(=O)NC(COP(=O)(O)OCC[N+](C)(C)C)C(O)CCCCCCCCCCCCCCCCCCC. The van der Waals surface area contributed by atoms with Crippen molar-refractivity contribution in [1.29, 1.82) is 0 Å². The number of hydrogen-bond acceptors (Lipinski definition) is 5. The van der Waals surface area contributed by atoms with Gasteiger partial charge in [0, 0.05) is 6.42 Å². The summed E-state index contributed by atoms with van der Waals surface area (Å²) in [6.07, 6.45) is 71.6. The summed E-state index contributed by atoms with van der Waals surface area (Å²) in [5.74, 6) is -0.136. The predicted octanol–water partition coefficient (Wildman–Crippen LogP) is 20.6. The van der Waals surface area contributed by atoms with Gasteiger partial charge in [-0.25, -0.2) is 4.57 Å². The van der Waals surface area contributed by atoms with Crippen LogP contribution in [0, 0.1) is 0 Å². The zero-order valence-electron chi connectivity index (χ0n) is 50.6. The van der Waals surface area contributed by atoms with Gasteiger partial charge in [-0.15, -0.1) is 0 Å². The molecule has 0 bridgehead atoms. The van der Waals surface area contributed by atoms with Gasteiger partial charge in [0.1, 0.15) is 13.2 Å². The van der Waals surface area contributed by atoms with E-state index in [1.165, 1.54) is 283 Å². The minimum atomic E-state index is -4.32. The van der Waals surface area contributed by atoms with Crippen LogP contribution in [-0.4, -0.2) is 73.4 Å². The lowest BCUT2D eigenvalue weighted by Gasteiger charge is -2.26. The fourth-order valence-electron chi connectivity index (χ4n) is 10.3. The number of allylic oxidation sites excluding steroid dienone is 2. The van der Waals surface area contributed by atoms with Gasteiger partial charge in [-0.2, -0.15) is 0 Å². The smallest absolute Gasteiger partial charge is 0.391 e. The number of nitrogens with zero attached hydrogens (tertiary/aromatic N) is 1. The number of phosphoric acid groups is 1. The second kappa shape index (κ2) is 56.9. The van der Waals surface area contributed by atoms with Crippen LogP contribution in [0.5, 0.6) is 0 Å². The van der Waals surface area contributed by atoms with E-state index in [1.54, 1.807) is 0 Å². The number of aliphatic hydroxyl groups excluding tert-OH is 1. The molecular formula is C65H132N2O6P+. The molecule has 0 aliphatic rings. The highest BCUT2D eigenvalue weighted by Crippen LogP contribution is 2.43. The Balaban J connectivity index is 3.92. The molecule has 0 aromatic carbocycles. The summed E-state index contributed by atoms with van der Waals surface area (Å²) >= 11 is 0. The van der Waals surface area contributed by atoms with Crippen molar-refractivity contribution in [3.8, 4) is 0 Å². The zero-order chi connectivity index (χ0) is 54.2. The highest BCUT2D eigenvalue weighted by atomic mass is 31.2. The monoisotopic (exact) mass is 1070 g/mol. The molecule has 74 heavy (non-hydrogen) atoms. The molecule has 0 radical (unpaired) electrons. The van der Waals surface area contributed by atoms with E-state index in [0.717, 1.165) is 38.5 Å². The van der Waals surface area contributed by atoms with E-state index in [1.807, 2.05) is 21.1 Å². The molecule has 3 N–H and O–H groups in total. The summed E-state index contributed by atoms with van der Waals surface area (Å²) < 4.78 is 23.8. The predicted molar refractivity (Wildman–Crippen MR) is 323 cm³/mol. The Kier molecular flexibility index (Phi) is 56.4. The molecule has 0 saturated heterocycles. The third-order valence-electron chi connectivity index (χ3n) is 15.5. The van der Waals surface area contributed by atoms with Gasteiger partial charge >= 0.3 is 7.82 Å². The quantitative estimate of drug-likeness (QED) is 0.0243. The van der Waals surface area contributed by atoms with Crippen molar-refractivity contribution in [1.82, 2.24) is 5.32 Å². The van der Waals surface area contributed by atoms with E-state index in [4.69, 9.17) is 9.05 Å². The van der Waals surface area contributed by atoms with Crippen LogP contribution in [0.2, 0.25) is 0 Å². The van der Waals surface area contributed by atoms with E-state index in [9.17, 15) is 19.4 Å². The second-order valence-corrected chi connectivity index (χ2v) is 25.7. The summed E-state index contributed by atoms with van der Waals surface area (Å²) in [4.78, 5) is 23.4. The second-order valence-electron chi connectivity index (χ2n) is 24.2. The number of quaternary nitrogens is 1. The van der Waals surface area contributed by atoms with Crippen molar-refractivity contribution >= 4 is 13.7 Å². The summed E-state index contributed by atoms with van der Waals surface area (Å²) in [6, 6.07) is -0.757. The van der Waals surface area contributed by atoms with Gasteiger partial charge in [-0.05, 0) is 38.5 Å². The molecule has 0 rings (SSSR count). The first kappa shape index (κ1) is 73.2. The highest BCUT2D eigenvalue weighted by molar-refractivity contribution is 7.47. The van der Waals surface area contributed by atoms with Gasteiger partial charge < -0.3 is 19.8 Å². The molecule has 8 nitrogen and oxygen atoms in total. The van der Waals surface area contributed by atoms with E-state index in [0.29, 0.717) is 23.9 Å². The Labute approximate surface area is 462 Å². The molecule has 0 aliphatic heterocycles. The van der Waals surface area contributed by atoms with Gasteiger partial charge in [0.2, 0.25) is 5.91 Å². The van der Waals surface area contributed by atoms with Crippen molar-refractivity contribution in [3.63, 3.8) is 0 Å². The fraction of sp³-hybridized carbons (Fsp3) is 0.954. The number of likely N-dealkylation sites (N-methyl/N-ethyl adjacent to an activating group) is 1. The van der Waals surface area contributed by atoms with E-state index in [2.05, 4.69) is 31.3 Å². The minimum Gasteiger partial charge on any atom is -0.391 e. The van der Waals surface area contributed by atoms with Gasteiger partial charge in [0.05, 0.1) is 39.9 Å². The average Bonchev–Trinajstić information content (AvgIpc) is 3.36. The van der Waals surface area contributed by atoms with Crippen LogP contribution in [0.25, 0.3) is 0 Å². The molecule has 0 heterocycles. The summed E-state index contributed by atoms with van der Waals surface area (Å²) in [5.41, 5.74) is 0. The normalized spacial score (nSPS) is 13.8. The van der Waals surface area contributed by atoms with E-state index < -0.39 is 20.0 Å². The Bertz CT molecular complexity index is 1210. The van der Waals surface area contributed by atoms with Crippen molar-refractivity contribution in [2.75, 3.05) is 40.9 Å². The van der Waals surface area contributed by atoms with Crippen molar-refractivity contribution in [3.05, 3.63) is 12.2 Å². The lowest BCUT2D eigenvalue weighted by molar-refractivity contribution is -0.870. The van der Waals surface area contributed by atoms with E-state index >= 15 is 0 Å². The first-order chi connectivity index (χ1) is 36.0. The maximum atomic E-state index is 13.0. The maximum absolute atomic E-state index is 13.0. The van der Waals surface area contributed by atoms with Gasteiger partial charge in [-0.1, -0.05) is 315 Å². The molecule has 3 atom stereocenters. The van der Waals surface area contributed by atoms with Gasteiger partial charge in [-0.3, -0.25) is 13.8 Å². The molecule has 0 aromatic rings. The Morgan fingerprint density at radius 3 is 1.04 bits per heavy atom. The summed E-state index contributed by atoms with van der Waals surface area (Å²) in [5, 5.41) is 14.1. The maximum Gasteiger partial charge on any atom is 0.472 e. The lowest BCUT2D eigenvalue weighted by atomic mass is 10.0. The van der Waals surface area contributed by atoms with Crippen LogP contribution < -0.4 is 5.32 Å². The molecule has 9 heteroatoms. The molecule has 0 aromatic heterocycles. The minimum absolute atomic E-state index is 0.0784. The number of rotatable bonds is 62. The number of aliphatic hydroxyl groups is 1. The first-order valence-electron chi connectivity index (χ1n) is 33.1. The van der Waals surface area contributed by atoms with Crippen molar-refractivity contribution in [2.45, 2.75) is 360 Å². The Morgan fingerprint density at radius 1 is 0.446 bits per heavy atom. The average molecular weight is 1070 g/mol. The van der Waals surface area contributed by atoms with Gasteiger partial charge in [0.25, 0.3) is 0 Å². The lowest BCUT2D eigenvalue weighted by Crippen LogP contribution is -2.46. The highest BCUT2D eigenvalue weighted by Gasteiger charge is 2.28. The number of phosphoric ester groups is 1. The Morgan fingerprint density at radius 2 is 0.730 bits per heavy atom. The zero-order valence-corrected chi connectivity index (χ0v) is 51.5. The molecule has 0 saturated carbocycles. The fourth-order valence-corrected chi connectivity index (χ4v) is 11.1. The number of unbranched alkanes of at least 4 members (excludes halogenated alkanes) is 47. The van der Waals surface area contributed by atoms with Crippen molar-refractivity contribution < 1.29 is 32.9 Å². The number of nitrogens with one attached hydrogen (secondary N) is 1.